The highest BCUT2D eigenvalue weighted by atomic mass is 19.1. The van der Waals surface area contributed by atoms with Gasteiger partial charge in [-0.25, -0.2) is 9.37 Å². The van der Waals surface area contributed by atoms with E-state index in [1.165, 1.54) is 75.0 Å². The first kappa shape index (κ1) is 19.6. The van der Waals surface area contributed by atoms with Gasteiger partial charge in [0, 0.05) is 31.0 Å². The van der Waals surface area contributed by atoms with Gasteiger partial charge < -0.3 is 9.67 Å². The first-order valence-corrected chi connectivity index (χ1v) is 11.0. The quantitative estimate of drug-likeness (QED) is 0.732. The Morgan fingerprint density at radius 2 is 1.54 bits per heavy atom. The molecular weight excluding hydrogens is 351 g/mol. The molecule has 2 aromatic rings. The third-order valence-corrected chi connectivity index (χ3v) is 6.61. The smallest absolute Gasteiger partial charge is 0.123 e. The van der Waals surface area contributed by atoms with Gasteiger partial charge >= 0.3 is 0 Å². The number of aryl methyl sites for hydroxylation is 1. The number of benzene rings is 1. The molecular formula is C24H33FN2O. The van der Waals surface area contributed by atoms with Crippen LogP contribution in [0.2, 0.25) is 0 Å². The maximum absolute atomic E-state index is 13.1. The zero-order valence-corrected chi connectivity index (χ0v) is 17.0. The van der Waals surface area contributed by atoms with Crippen LogP contribution in [0.4, 0.5) is 4.39 Å². The number of aliphatic hydroxyl groups is 1. The second-order valence-electron chi connectivity index (χ2n) is 9.04. The molecule has 5 rings (SSSR count). The highest BCUT2D eigenvalue weighted by molar-refractivity contribution is 5.22. The second kappa shape index (κ2) is 8.77. The van der Waals surface area contributed by atoms with Gasteiger partial charge in [0.05, 0.1) is 0 Å². The van der Waals surface area contributed by atoms with Crippen molar-refractivity contribution < 1.29 is 9.50 Å². The number of hydrogen-bond donors (Lipinski definition) is 1. The van der Waals surface area contributed by atoms with Gasteiger partial charge in [-0.15, -0.1) is 0 Å². The Hall–Kier alpha value is -1.68. The van der Waals surface area contributed by atoms with E-state index < -0.39 is 0 Å². The van der Waals surface area contributed by atoms with E-state index in [0.717, 1.165) is 5.92 Å². The summed E-state index contributed by atoms with van der Waals surface area (Å²) < 4.78 is 15.6. The van der Waals surface area contributed by atoms with Crippen molar-refractivity contribution in [3.63, 3.8) is 0 Å². The highest BCUT2D eigenvalue weighted by Gasteiger charge is 2.29. The Balaban J connectivity index is 0.000000336. The van der Waals surface area contributed by atoms with E-state index >= 15 is 0 Å². The SMILES string of the molecule is Cc1cnc(C2CCC(c3ccc(F)cc3)CC2)n1CC1CC1.OCC1CC1. The van der Waals surface area contributed by atoms with Crippen molar-refractivity contribution in [1.82, 2.24) is 9.55 Å². The normalized spacial score (nSPS) is 24.5. The van der Waals surface area contributed by atoms with Crippen LogP contribution in [-0.4, -0.2) is 21.3 Å². The van der Waals surface area contributed by atoms with E-state index in [2.05, 4.69) is 11.5 Å². The van der Waals surface area contributed by atoms with Gasteiger partial charge in [0.1, 0.15) is 11.6 Å². The summed E-state index contributed by atoms with van der Waals surface area (Å²) in [5.41, 5.74) is 2.61. The monoisotopic (exact) mass is 384 g/mol. The number of rotatable bonds is 5. The van der Waals surface area contributed by atoms with Crippen LogP contribution in [0.5, 0.6) is 0 Å². The molecule has 0 unspecified atom stereocenters. The van der Waals surface area contributed by atoms with E-state index in [9.17, 15) is 4.39 Å². The number of hydrogen-bond acceptors (Lipinski definition) is 2. The number of aromatic nitrogens is 2. The number of halogens is 1. The van der Waals surface area contributed by atoms with E-state index in [-0.39, 0.29) is 5.82 Å². The predicted molar refractivity (Wildman–Crippen MR) is 110 cm³/mol. The van der Waals surface area contributed by atoms with Crippen LogP contribution in [0.25, 0.3) is 0 Å². The fourth-order valence-electron chi connectivity index (χ4n) is 4.32. The van der Waals surface area contributed by atoms with E-state index in [4.69, 9.17) is 10.1 Å². The summed E-state index contributed by atoms with van der Waals surface area (Å²) in [7, 11) is 0. The van der Waals surface area contributed by atoms with Crippen molar-refractivity contribution in [2.24, 2.45) is 11.8 Å². The zero-order chi connectivity index (χ0) is 19.5. The molecule has 28 heavy (non-hydrogen) atoms. The zero-order valence-electron chi connectivity index (χ0n) is 17.0. The average Bonchev–Trinajstić information content (AvgIpc) is 3.63. The standard InChI is InChI=1S/C20H25FN2.C4H8O/c1-14-12-22-20(23(14)13-15-2-3-15)18-6-4-16(5-7-18)17-8-10-19(21)11-9-17;5-3-4-1-2-4/h8-12,15-16,18H,2-7,13H2,1H3;4-5H,1-3H2. The first-order chi connectivity index (χ1) is 13.6. The molecule has 0 amide bonds. The lowest BCUT2D eigenvalue weighted by molar-refractivity contribution is 0.277. The molecule has 3 nitrogen and oxygen atoms in total. The molecule has 0 saturated heterocycles. The van der Waals surface area contributed by atoms with Gasteiger partial charge in [0.2, 0.25) is 0 Å². The minimum Gasteiger partial charge on any atom is -0.396 e. The van der Waals surface area contributed by atoms with E-state index in [0.29, 0.717) is 24.4 Å². The largest absolute Gasteiger partial charge is 0.396 e. The van der Waals surface area contributed by atoms with Crippen LogP contribution < -0.4 is 0 Å². The van der Waals surface area contributed by atoms with E-state index in [1.807, 2.05) is 18.3 Å². The minimum absolute atomic E-state index is 0.139. The predicted octanol–water partition coefficient (Wildman–Crippen LogP) is 5.57. The molecule has 4 heteroatoms. The number of aliphatic hydroxyl groups excluding tert-OH is 1. The molecule has 0 aliphatic heterocycles. The second-order valence-corrected chi connectivity index (χ2v) is 9.04. The Bertz CT molecular complexity index is 753. The lowest BCUT2D eigenvalue weighted by Crippen LogP contribution is -2.17. The molecule has 0 radical (unpaired) electrons. The number of imidazole rings is 1. The fourth-order valence-corrected chi connectivity index (χ4v) is 4.32. The van der Waals surface area contributed by atoms with Gasteiger partial charge in [-0.05, 0) is 93.7 Å². The Morgan fingerprint density at radius 1 is 0.929 bits per heavy atom. The Kier molecular flexibility index (Phi) is 6.15. The molecule has 0 spiro atoms. The lowest BCUT2D eigenvalue weighted by Gasteiger charge is -2.29. The molecule has 3 fully saturated rings. The molecule has 1 N–H and O–H groups in total. The fraction of sp³-hybridized carbons (Fsp3) is 0.625. The molecule has 3 aliphatic carbocycles. The van der Waals surface area contributed by atoms with Crippen LogP contribution >= 0.6 is 0 Å². The summed E-state index contributed by atoms with van der Waals surface area (Å²) in [6.45, 7) is 3.77. The molecule has 3 saturated carbocycles. The van der Waals surface area contributed by atoms with E-state index in [1.54, 1.807) is 12.1 Å². The van der Waals surface area contributed by atoms with Gasteiger partial charge in [0.15, 0.2) is 0 Å². The van der Waals surface area contributed by atoms with Crippen LogP contribution in [0.1, 0.15) is 80.3 Å². The molecule has 152 valence electrons. The third kappa shape index (κ3) is 5.02. The summed E-state index contributed by atoms with van der Waals surface area (Å²) in [5.74, 6) is 3.93. The van der Waals surface area contributed by atoms with Crippen LogP contribution in [0, 0.1) is 24.6 Å². The lowest BCUT2D eigenvalue weighted by atomic mass is 9.78. The molecule has 0 bridgehead atoms. The minimum atomic E-state index is -0.139. The van der Waals surface area contributed by atoms with Crippen molar-refractivity contribution in [1.29, 1.82) is 0 Å². The van der Waals surface area contributed by atoms with Gasteiger partial charge in [-0.2, -0.15) is 0 Å². The van der Waals surface area contributed by atoms with Crippen molar-refractivity contribution in [3.8, 4) is 0 Å². The molecule has 1 aromatic carbocycles. The van der Waals surface area contributed by atoms with Gasteiger partial charge in [-0.1, -0.05) is 12.1 Å². The summed E-state index contributed by atoms with van der Waals surface area (Å²) in [4.78, 5) is 4.74. The first-order valence-electron chi connectivity index (χ1n) is 11.0. The van der Waals surface area contributed by atoms with Crippen LogP contribution in [0.3, 0.4) is 0 Å². The molecule has 1 heterocycles. The van der Waals surface area contributed by atoms with Gasteiger partial charge in [0.25, 0.3) is 0 Å². The van der Waals surface area contributed by atoms with Gasteiger partial charge in [-0.3, -0.25) is 0 Å². The molecule has 1 aromatic heterocycles. The topological polar surface area (TPSA) is 38.0 Å². The highest BCUT2D eigenvalue weighted by Crippen LogP contribution is 2.41. The Morgan fingerprint density at radius 3 is 2.07 bits per heavy atom. The molecule has 3 aliphatic rings. The summed E-state index contributed by atoms with van der Waals surface area (Å²) in [5, 5.41) is 8.21. The molecule has 0 atom stereocenters. The maximum Gasteiger partial charge on any atom is 0.123 e. The summed E-state index contributed by atoms with van der Waals surface area (Å²) in [6.07, 6.45) is 12.1. The van der Waals surface area contributed by atoms with Crippen molar-refractivity contribution in [2.75, 3.05) is 6.61 Å². The average molecular weight is 385 g/mol. The summed E-state index contributed by atoms with van der Waals surface area (Å²) >= 11 is 0. The van der Waals surface area contributed by atoms with Crippen LogP contribution in [-0.2, 0) is 6.54 Å². The Labute approximate surface area is 168 Å². The van der Waals surface area contributed by atoms with Crippen molar-refractivity contribution in [2.45, 2.75) is 76.7 Å². The van der Waals surface area contributed by atoms with Crippen molar-refractivity contribution in [3.05, 3.63) is 53.4 Å². The van der Waals surface area contributed by atoms with Crippen molar-refractivity contribution >= 4 is 0 Å². The summed E-state index contributed by atoms with van der Waals surface area (Å²) in [6, 6.07) is 7.09. The number of nitrogens with zero attached hydrogens (tertiary/aromatic N) is 2. The maximum atomic E-state index is 13.1. The van der Waals surface area contributed by atoms with Crippen LogP contribution in [0.15, 0.2) is 30.5 Å². The third-order valence-electron chi connectivity index (χ3n) is 6.61.